The first-order valence-corrected chi connectivity index (χ1v) is 7.27. The van der Waals surface area contributed by atoms with E-state index in [-0.39, 0.29) is 0 Å². The zero-order valence-electron chi connectivity index (χ0n) is 11.4. The molecule has 0 saturated carbocycles. The van der Waals surface area contributed by atoms with Crippen LogP contribution in [-0.4, -0.2) is 48.3 Å². The normalized spacial score (nSPS) is 32.5. The topological polar surface area (TPSA) is 35.5 Å². The molecule has 0 spiro atoms. The third-order valence-electron chi connectivity index (χ3n) is 4.58. The molecule has 3 heteroatoms. The predicted molar refractivity (Wildman–Crippen MR) is 71.0 cm³/mol. The largest absolute Gasteiger partial charge is 0.395 e. The third-order valence-corrected chi connectivity index (χ3v) is 4.58. The molecule has 2 atom stereocenters. The summed E-state index contributed by atoms with van der Waals surface area (Å²) in [6, 6.07) is 1.08. The first kappa shape index (κ1) is 13.3. The Hall–Kier alpha value is -0.120. The molecule has 0 aromatic heterocycles. The van der Waals surface area contributed by atoms with Crippen molar-refractivity contribution in [1.82, 2.24) is 10.2 Å². The standard InChI is InChI=1S/C14H28N2O/c1-11(2)16-5-3-12(4-6-16)7-13-8-14(10-17)15-9-13/h11-15,17H,3-10H2,1-2H3. The van der Waals surface area contributed by atoms with Gasteiger partial charge in [-0.25, -0.2) is 0 Å². The molecular formula is C14H28N2O. The number of rotatable bonds is 4. The summed E-state index contributed by atoms with van der Waals surface area (Å²) >= 11 is 0. The predicted octanol–water partition coefficient (Wildman–Crippen LogP) is 1.47. The average molecular weight is 240 g/mol. The van der Waals surface area contributed by atoms with Crippen LogP contribution in [0.2, 0.25) is 0 Å². The third kappa shape index (κ3) is 3.67. The summed E-state index contributed by atoms with van der Waals surface area (Å²) in [5.41, 5.74) is 0. The summed E-state index contributed by atoms with van der Waals surface area (Å²) in [4.78, 5) is 2.60. The molecule has 17 heavy (non-hydrogen) atoms. The van der Waals surface area contributed by atoms with Crippen LogP contribution in [-0.2, 0) is 0 Å². The highest BCUT2D eigenvalue weighted by Crippen LogP contribution is 2.28. The van der Waals surface area contributed by atoms with Gasteiger partial charge in [-0.15, -0.1) is 0 Å². The molecule has 0 amide bonds. The maximum Gasteiger partial charge on any atom is 0.0584 e. The lowest BCUT2D eigenvalue weighted by molar-refractivity contribution is 0.137. The van der Waals surface area contributed by atoms with Gasteiger partial charge in [0.1, 0.15) is 0 Å². The van der Waals surface area contributed by atoms with E-state index in [0.717, 1.165) is 18.4 Å². The fourth-order valence-electron chi connectivity index (χ4n) is 3.40. The van der Waals surface area contributed by atoms with Gasteiger partial charge in [0.15, 0.2) is 0 Å². The Bertz CT molecular complexity index is 224. The molecule has 100 valence electrons. The minimum atomic E-state index is 0.308. The summed E-state index contributed by atoms with van der Waals surface area (Å²) in [5, 5.41) is 12.5. The fraction of sp³-hybridized carbons (Fsp3) is 1.00. The van der Waals surface area contributed by atoms with Crippen molar-refractivity contribution in [2.75, 3.05) is 26.2 Å². The SMILES string of the molecule is CC(C)N1CCC(CC2CNC(CO)C2)CC1. The van der Waals surface area contributed by atoms with E-state index in [1.54, 1.807) is 0 Å². The first-order chi connectivity index (χ1) is 8.19. The van der Waals surface area contributed by atoms with E-state index >= 15 is 0 Å². The second-order valence-corrected chi connectivity index (χ2v) is 6.20. The van der Waals surface area contributed by atoms with E-state index in [1.807, 2.05) is 0 Å². The number of nitrogens with zero attached hydrogens (tertiary/aromatic N) is 1. The molecule has 0 radical (unpaired) electrons. The van der Waals surface area contributed by atoms with Crippen molar-refractivity contribution >= 4 is 0 Å². The molecule has 0 aliphatic carbocycles. The van der Waals surface area contributed by atoms with Gasteiger partial charge in [0.05, 0.1) is 6.61 Å². The molecule has 0 aromatic carbocycles. The summed E-state index contributed by atoms with van der Waals surface area (Å²) in [7, 11) is 0. The summed E-state index contributed by atoms with van der Waals surface area (Å²) in [6.07, 6.45) is 5.30. The molecule has 2 fully saturated rings. The minimum absolute atomic E-state index is 0.308. The highest BCUT2D eigenvalue weighted by molar-refractivity contribution is 4.84. The number of aliphatic hydroxyl groups is 1. The van der Waals surface area contributed by atoms with Gasteiger partial charge < -0.3 is 15.3 Å². The Morgan fingerprint density at radius 1 is 1.24 bits per heavy atom. The molecule has 2 aliphatic rings. The van der Waals surface area contributed by atoms with Crippen LogP contribution < -0.4 is 5.32 Å². The van der Waals surface area contributed by atoms with Crippen LogP contribution in [0, 0.1) is 11.8 Å². The van der Waals surface area contributed by atoms with Crippen molar-refractivity contribution in [1.29, 1.82) is 0 Å². The monoisotopic (exact) mass is 240 g/mol. The maximum atomic E-state index is 9.12. The Morgan fingerprint density at radius 2 is 1.94 bits per heavy atom. The second-order valence-electron chi connectivity index (χ2n) is 6.20. The molecule has 2 rings (SSSR count). The second kappa shape index (κ2) is 6.17. The van der Waals surface area contributed by atoms with Crippen molar-refractivity contribution in [2.45, 2.75) is 51.6 Å². The zero-order valence-corrected chi connectivity index (χ0v) is 11.4. The smallest absolute Gasteiger partial charge is 0.0584 e. The van der Waals surface area contributed by atoms with E-state index in [2.05, 4.69) is 24.1 Å². The van der Waals surface area contributed by atoms with Crippen molar-refractivity contribution in [2.24, 2.45) is 11.8 Å². The van der Waals surface area contributed by atoms with Crippen molar-refractivity contribution in [3.05, 3.63) is 0 Å². The molecule has 0 bridgehead atoms. The van der Waals surface area contributed by atoms with E-state index in [4.69, 9.17) is 5.11 Å². The summed E-state index contributed by atoms with van der Waals surface area (Å²) < 4.78 is 0. The van der Waals surface area contributed by atoms with Gasteiger partial charge in [-0.2, -0.15) is 0 Å². The molecule has 2 heterocycles. The molecule has 0 aromatic rings. The van der Waals surface area contributed by atoms with Gasteiger partial charge in [0.2, 0.25) is 0 Å². The number of hydrogen-bond acceptors (Lipinski definition) is 3. The van der Waals surface area contributed by atoms with E-state index in [1.165, 1.54) is 38.8 Å². The van der Waals surface area contributed by atoms with Crippen LogP contribution in [0.25, 0.3) is 0 Å². The molecule has 2 N–H and O–H groups in total. The highest BCUT2D eigenvalue weighted by Gasteiger charge is 2.28. The van der Waals surface area contributed by atoms with Crippen LogP contribution in [0.5, 0.6) is 0 Å². The summed E-state index contributed by atoms with van der Waals surface area (Å²) in [6.45, 7) is 8.59. The van der Waals surface area contributed by atoms with Crippen molar-refractivity contribution in [3.8, 4) is 0 Å². The van der Waals surface area contributed by atoms with Gasteiger partial charge in [-0.3, -0.25) is 0 Å². The lowest BCUT2D eigenvalue weighted by Crippen LogP contribution is -2.38. The van der Waals surface area contributed by atoms with Crippen molar-refractivity contribution < 1.29 is 5.11 Å². The van der Waals surface area contributed by atoms with Crippen LogP contribution in [0.4, 0.5) is 0 Å². The Labute approximate surface area is 106 Å². The molecule has 2 unspecified atom stereocenters. The van der Waals surface area contributed by atoms with E-state index in [0.29, 0.717) is 18.7 Å². The molecular weight excluding hydrogens is 212 g/mol. The van der Waals surface area contributed by atoms with Crippen LogP contribution in [0.3, 0.4) is 0 Å². The van der Waals surface area contributed by atoms with E-state index < -0.39 is 0 Å². The maximum absolute atomic E-state index is 9.12. The number of likely N-dealkylation sites (tertiary alicyclic amines) is 1. The fourth-order valence-corrected chi connectivity index (χ4v) is 3.40. The molecule has 2 saturated heterocycles. The Morgan fingerprint density at radius 3 is 2.47 bits per heavy atom. The highest BCUT2D eigenvalue weighted by atomic mass is 16.3. The average Bonchev–Trinajstić information content (AvgIpc) is 2.77. The lowest BCUT2D eigenvalue weighted by atomic mass is 9.86. The summed E-state index contributed by atoms with van der Waals surface area (Å²) in [5.74, 6) is 1.73. The van der Waals surface area contributed by atoms with Gasteiger partial charge in [0.25, 0.3) is 0 Å². The lowest BCUT2D eigenvalue weighted by Gasteiger charge is -2.35. The molecule has 2 aliphatic heterocycles. The Kier molecular flexibility index (Phi) is 4.83. The van der Waals surface area contributed by atoms with Gasteiger partial charge in [0, 0.05) is 12.1 Å². The minimum Gasteiger partial charge on any atom is -0.395 e. The van der Waals surface area contributed by atoms with E-state index in [9.17, 15) is 0 Å². The van der Waals surface area contributed by atoms with Crippen LogP contribution in [0.1, 0.15) is 39.5 Å². The first-order valence-electron chi connectivity index (χ1n) is 7.27. The number of nitrogens with one attached hydrogen (secondary N) is 1. The van der Waals surface area contributed by atoms with Crippen LogP contribution in [0.15, 0.2) is 0 Å². The number of aliphatic hydroxyl groups excluding tert-OH is 1. The number of piperidine rings is 1. The van der Waals surface area contributed by atoms with Gasteiger partial charge in [-0.05, 0) is 71.0 Å². The number of hydrogen-bond donors (Lipinski definition) is 2. The quantitative estimate of drug-likeness (QED) is 0.781. The Balaban J connectivity index is 1.68. The molecule has 3 nitrogen and oxygen atoms in total. The van der Waals surface area contributed by atoms with Gasteiger partial charge in [-0.1, -0.05) is 0 Å². The zero-order chi connectivity index (χ0) is 12.3. The van der Waals surface area contributed by atoms with Gasteiger partial charge >= 0.3 is 0 Å². The van der Waals surface area contributed by atoms with Crippen molar-refractivity contribution in [3.63, 3.8) is 0 Å². The van der Waals surface area contributed by atoms with Crippen LogP contribution >= 0.6 is 0 Å².